The van der Waals surface area contributed by atoms with Gasteiger partial charge in [0.25, 0.3) is 0 Å². The summed E-state index contributed by atoms with van der Waals surface area (Å²) in [6.07, 6.45) is 1.10. The molecule has 0 saturated carbocycles. The highest BCUT2D eigenvalue weighted by molar-refractivity contribution is 9.14. The average Bonchev–Trinajstić information content (AvgIpc) is 2.87. The number of benzene rings is 1. The number of halogens is 2. The Morgan fingerprint density at radius 3 is 1.71 bits per heavy atom. The Hall–Kier alpha value is -0.480. The lowest BCUT2D eigenvalue weighted by atomic mass is 9.95. The summed E-state index contributed by atoms with van der Waals surface area (Å²) in [6.45, 7) is 0. The largest absolute Gasteiger partial charge is 0.496 e. The highest BCUT2D eigenvalue weighted by Crippen LogP contribution is 2.63. The van der Waals surface area contributed by atoms with Gasteiger partial charge in [0.2, 0.25) is 0 Å². The summed E-state index contributed by atoms with van der Waals surface area (Å²) >= 11 is 7.35. The van der Waals surface area contributed by atoms with Gasteiger partial charge in [0.1, 0.15) is 11.5 Å². The van der Waals surface area contributed by atoms with E-state index >= 15 is 0 Å². The molecule has 1 aromatic rings. The van der Waals surface area contributed by atoms with Crippen molar-refractivity contribution in [1.29, 1.82) is 0 Å². The molecule has 0 aromatic heterocycles. The molecule has 0 radical (unpaired) electrons. The van der Waals surface area contributed by atoms with E-state index < -0.39 is 0 Å². The van der Waals surface area contributed by atoms with Crippen LogP contribution in [0.2, 0.25) is 0 Å². The first-order valence-corrected chi connectivity index (χ1v) is 7.07. The van der Waals surface area contributed by atoms with E-state index in [2.05, 4.69) is 31.9 Å². The standard InChI is InChI=1S/C13H12Br2O2/c1-16-8-3-4-9(17-2)11-7-5-6(10(8)11)12(14)13(7)15/h3-4,6-7H,5H2,1-2H3. The molecule has 4 heteroatoms. The lowest BCUT2D eigenvalue weighted by Crippen LogP contribution is -2.04. The highest BCUT2D eigenvalue weighted by Gasteiger charge is 2.45. The summed E-state index contributed by atoms with van der Waals surface area (Å²) in [5.41, 5.74) is 2.57. The van der Waals surface area contributed by atoms with Gasteiger partial charge in [0.05, 0.1) is 14.2 Å². The molecule has 0 amide bonds. The van der Waals surface area contributed by atoms with Crippen LogP contribution >= 0.6 is 31.9 Å². The Morgan fingerprint density at radius 1 is 0.941 bits per heavy atom. The molecule has 0 heterocycles. The Balaban J connectivity index is 2.25. The summed E-state index contributed by atoms with van der Waals surface area (Å²) < 4.78 is 13.5. The molecule has 2 aliphatic rings. The second-order valence-corrected chi connectivity index (χ2v) is 6.04. The minimum atomic E-state index is 0.412. The van der Waals surface area contributed by atoms with E-state index in [1.165, 1.54) is 20.1 Å². The van der Waals surface area contributed by atoms with Gasteiger partial charge in [-0.15, -0.1) is 0 Å². The van der Waals surface area contributed by atoms with E-state index in [1.807, 2.05) is 12.1 Å². The molecule has 0 aliphatic heterocycles. The molecule has 2 unspecified atom stereocenters. The van der Waals surface area contributed by atoms with Gasteiger partial charge in [-0.1, -0.05) is 31.9 Å². The molecule has 3 rings (SSSR count). The highest BCUT2D eigenvalue weighted by atomic mass is 79.9. The van der Waals surface area contributed by atoms with Crippen molar-refractivity contribution in [2.24, 2.45) is 0 Å². The van der Waals surface area contributed by atoms with Crippen molar-refractivity contribution in [3.05, 3.63) is 32.2 Å². The zero-order chi connectivity index (χ0) is 12.2. The van der Waals surface area contributed by atoms with Crippen LogP contribution in [0.5, 0.6) is 11.5 Å². The third-order valence-electron chi connectivity index (χ3n) is 3.66. The predicted octanol–water partition coefficient (Wildman–Crippen LogP) is 4.29. The monoisotopic (exact) mass is 358 g/mol. The quantitative estimate of drug-likeness (QED) is 0.784. The number of hydrogen-bond acceptors (Lipinski definition) is 2. The van der Waals surface area contributed by atoms with Gasteiger partial charge in [-0.25, -0.2) is 0 Å². The number of methoxy groups -OCH3 is 2. The topological polar surface area (TPSA) is 18.5 Å². The van der Waals surface area contributed by atoms with Crippen molar-refractivity contribution in [2.75, 3.05) is 14.2 Å². The zero-order valence-electron chi connectivity index (χ0n) is 9.59. The minimum absolute atomic E-state index is 0.412. The SMILES string of the molecule is COc1ccc(OC)c2c1C1CC2C(Br)=C1Br. The summed E-state index contributed by atoms with van der Waals surface area (Å²) in [6, 6.07) is 3.99. The lowest BCUT2D eigenvalue weighted by Gasteiger charge is -2.21. The molecule has 0 saturated heterocycles. The van der Waals surface area contributed by atoms with E-state index in [0.717, 1.165) is 17.9 Å². The first-order valence-electron chi connectivity index (χ1n) is 5.48. The van der Waals surface area contributed by atoms with Crippen molar-refractivity contribution in [1.82, 2.24) is 0 Å². The number of ether oxygens (including phenoxy) is 2. The molecule has 0 N–H and O–H groups in total. The Kier molecular flexibility index (Phi) is 2.75. The number of hydrogen-bond donors (Lipinski definition) is 0. The first-order chi connectivity index (χ1) is 8.19. The molecule has 90 valence electrons. The van der Waals surface area contributed by atoms with E-state index in [4.69, 9.17) is 9.47 Å². The fourth-order valence-corrected chi connectivity index (χ4v) is 4.32. The van der Waals surface area contributed by atoms with Gasteiger partial charge < -0.3 is 9.47 Å². The Labute approximate surface area is 117 Å². The molecule has 0 spiro atoms. The maximum atomic E-state index is 5.48. The van der Waals surface area contributed by atoms with Gasteiger partial charge >= 0.3 is 0 Å². The second kappa shape index (κ2) is 4.02. The van der Waals surface area contributed by atoms with Crippen molar-refractivity contribution in [3.63, 3.8) is 0 Å². The molecular formula is C13H12Br2O2. The fraction of sp³-hybridized carbons (Fsp3) is 0.385. The van der Waals surface area contributed by atoms with Crippen LogP contribution in [0, 0.1) is 0 Å². The van der Waals surface area contributed by atoms with Crippen LogP contribution in [-0.4, -0.2) is 14.2 Å². The van der Waals surface area contributed by atoms with E-state index in [-0.39, 0.29) is 0 Å². The van der Waals surface area contributed by atoms with Crippen LogP contribution in [0.1, 0.15) is 29.4 Å². The number of rotatable bonds is 2. The maximum absolute atomic E-state index is 5.48. The van der Waals surface area contributed by atoms with Crippen LogP contribution in [0.15, 0.2) is 21.1 Å². The van der Waals surface area contributed by atoms with Gasteiger partial charge in [0.15, 0.2) is 0 Å². The first kappa shape index (κ1) is 11.6. The average molecular weight is 360 g/mol. The van der Waals surface area contributed by atoms with Gasteiger partial charge in [0, 0.05) is 31.9 Å². The molecule has 2 nitrogen and oxygen atoms in total. The summed E-state index contributed by atoms with van der Waals surface area (Å²) in [5, 5.41) is 0. The van der Waals surface area contributed by atoms with Crippen molar-refractivity contribution in [3.8, 4) is 11.5 Å². The Bertz CT molecular complexity index is 477. The minimum Gasteiger partial charge on any atom is -0.496 e. The predicted molar refractivity (Wildman–Crippen MR) is 74.5 cm³/mol. The fourth-order valence-electron chi connectivity index (χ4n) is 2.94. The maximum Gasteiger partial charge on any atom is 0.123 e. The lowest BCUT2D eigenvalue weighted by molar-refractivity contribution is 0.396. The van der Waals surface area contributed by atoms with Crippen LogP contribution in [0.3, 0.4) is 0 Å². The summed E-state index contributed by atoms with van der Waals surface area (Å²) in [4.78, 5) is 0. The smallest absolute Gasteiger partial charge is 0.123 e. The van der Waals surface area contributed by atoms with Crippen LogP contribution in [0.25, 0.3) is 0 Å². The third-order valence-corrected chi connectivity index (χ3v) is 6.15. The zero-order valence-corrected chi connectivity index (χ0v) is 12.8. The van der Waals surface area contributed by atoms with Crippen molar-refractivity contribution in [2.45, 2.75) is 18.3 Å². The van der Waals surface area contributed by atoms with Crippen molar-refractivity contribution >= 4 is 31.9 Å². The molecule has 2 aliphatic carbocycles. The summed E-state index contributed by atoms with van der Waals surface area (Å²) in [5.74, 6) is 2.75. The summed E-state index contributed by atoms with van der Waals surface area (Å²) in [7, 11) is 3.45. The Morgan fingerprint density at radius 2 is 1.35 bits per heavy atom. The van der Waals surface area contributed by atoms with E-state index in [0.29, 0.717) is 11.8 Å². The molecule has 2 atom stereocenters. The van der Waals surface area contributed by atoms with Gasteiger partial charge in [-0.05, 0) is 18.6 Å². The molecule has 17 heavy (non-hydrogen) atoms. The van der Waals surface area contributed by atoms with Crippen LogP contribution in [0.4, 0.5) is 0 Å². The van der Waals surface area contributed by atoms with Crippen LogP contribution in [-0.2, 0) is 0 Å². The second-order valence-electron chi connectivity index (χ2n) is 4.33. The van der Waals surface area contributed by atoms with Crippen molar-refractivity contribution < 1.29 is 9.47 Å². The van der Waals surface area contributed by atoms with Gasteiger partial charge in [-0.2, -0.15) is 0 Å². The third kappa shape index (κ3) is 1.43. The number of allylic oxidation sites excluding steroid dienone is 2. The normalized spacial score (nSPS) is 25.2. The number of fused-ring (bicyclic) bond motifs is 5. The molecule has 1 aromatic carbocycles. The molecule has 0 fully saturated rings. The van der Waals surface area contributed by atoms with E-state index in [9.17, 15) is 0 Å². The van der Waals surface area contributed by atoms with Gasteiger partial charge in [-0.3, -0.25) is 0 Å². The molecular weight excluding hydrogens is 348 g/mol. The molecule has 2 bridgehead atoms. The van der Waals surface area contributed by atoms with Crippen LogP contribution < -0.4 is 9.47 Å². The van der Waals surface area contributed by atoms with E-state index in [1.54, 1.807) is 14.2 Å².